The van der Waals surface area contributed by atoms with Crippen LogP contribution in [-0.4, -0.2) is 32.5 Å². The van der Waals surface area contributed by atoms with Gasteiger partial charge in [-0.1, -0.05) is 23.7 Å². The zero-order valence-corrected chi connectivity index (χ0v) is 19.9. The largest absolute Gasteiger partial charge is 0.588 e. The Hall–Kier alpha value is -3.47. The van der Waals surface area contributed by atoms with Gasteiger partial charge in [-0.15, -0.1) is 0 Å². The van der Waals surface area contributed by atoms with Crippen LogP contribution in [0.25, 0.3) is 22.0 Å². The van der Waals surface area contributed by atoms with E-state index in [1.54, 1.807) is 37.4 Å². The Kier molecular flexibility index (Phi) is 6.82. The Morgan fingerprint density at radius 3 is 2.71 bits per heavy atom. The van der Waals surface area contributed by atoms with Crippen LogP contribution in [0, 0.1) is 12.7 Å². The van der Waals surface area contributed by atoms with Crippen molar-refractivity contribution in [2.75, 3.05) is 17.1 Å². The molecule has 3 aromatic heterocycles. The highest BCUT2D eigenvalue weighted by Crippen LogP contribution is 2.33. The Balaban J connectivity index is 1.70. The van der Waals surface area contributed by atoms with Gasteiger partial charge in [0, 0.05) is 53.7 Å². The lowest BCUT2D eigenvalue weighted by molar-refractivity contribution is -0.114. The fraction of sp³-hybridized carbons (Fsp3) is 0.130. The number of aryl methyl sites for hydroxylation is 1. The second-order valence-electron chi connectivity index (χ2n) is 7.26. The normalized spacial score (nSPS) is 11.8. The minimum atomic E-state index is -1.89. The monoisotopic (exact) mass is 499 g/mol. The van der Waals surface area contributed by atoms with E-state index in [-0.39, 0.29) is 33.0 Å². The number of hydrogen-bond donors (Lipinski definition) is 2. The van der Waals surface area contributed by atoms with E-state index in [9.17, 15) is 9.35 Å². The average molecular weight is 500 g/mol. The van der Waals surface area contributed by atoms with Crippen LogP contribution in [-0.2, 0) is 16.2 Å². The number of aromatic nitrogens is 3. The molecule has 0 aliphatic heterocycles. The Morgan fingerprint density at radius 2 is 1.97 bits per heavy atom. The van der Waals surface area contributed by atoms with Gasteiger partial charge in [-0.05, 0) is 19.1 Å². The topological polar surface area (TPSA) is 112 Å². The van der Waals surface area contributed by atoms with Gasteiger partial charge in [0.25, 0.3) is 5.88 Å². The van der Waals surface area contributed by atoms with Crippen molar-refractivity contribution in [1.82, 2.24) is 15.0 Å². The molecule has 0 aliphatic carbocycles. The molecule has 4 rings (SSSR count). The SMILES string of the molecule is COc1ncc(Cl)cc1[S+]([O-])Nc1cccc(-c2cc3cnc(NC(C)=O)cc3nc2C)c1F. The summed E-state index contributed by atoms with van der Waals surface area (Å²) in [7, 11) is 1.39. The zero-order chi connectivity index (χ0) is 24.4. The number of halogens is 2. The lowest BCUT2D eigenvalue weighted by atomic mass is 10.0. The van der Waals surface area contributed by atoms with Gasteiger partial charge in [0.05, 0.1) is 17.6 Å². The summed E-state index contributed by atoms with van der Waals surface area (Å²) in [6.07, 6.45) is 2.93. The van der Waals surface area contributed by atoms with Gasteiger partial charge < -0.3 is 14.6 Å². The Labute approximate surface area is 202 Å². The molecular weight excluding hydrogens is 481 g/mol. The number of carbonyl (C=O) groups excluding carboxylic acids is 1. The number of methoxy groups -OCH3 is 1. The Morgan fingerprint density at radius 1 is 1.18 bits per heavy atom. The summed E-state index contributed by atoms with van der Waals surface area (Å²) in [5, 5.41) is 3.56. The smallest absolute Gasteiger partial charge is 0.273 e. The van der Waals surface area contributed by atoms with Gasteiger partial charge in [0.15, 0.2) is 5.82 Å². The maximum Gasteiger partial charge on any atom is 0.273 e. The third-order valence-corrected chi connectivity index (χ3v) is 6.17. The first-order valence-electron chi connectivity index (χ1n) is 9.98. The van der Waals surface area contributed by atoms with Crippen LogP contribution in [0.3, 0.4) is 0 Å². The summed E-state index contributed by atoms with van der Waals surface area (Å²) in [5.41, 5.74) is 2.03. The van der Waals surface area contributed by atoms with Gasteiger partial charge in [0.2, 0.25) is 10.8 Å². The van der Waals surface area contributed by atoms with E-state index in [0.717, 1.165) is 0 Å². The van der Waals surface area contributed by atoms with Gasteiger partial charge in [-0.25, -0.2) is 19.1 Å². The number of nitrogens with zero attached hydrogens (tertiary/aromatic N) is 3. The van der Waals surface area contributed by atoms with E-state index in [1.807, 2.05) is 0 Å². The summed E-state index contributed by atoms with van der Waals surface area (Å²) in [5.74, 6) is -0.343. The zero-order valence-electron chi connectivity index (χ0n) is 18.3. The predicted molar refractivity (Wildman–Crippen MR) is 130 cm³/mol. The highest BCUT2D eigenvalue weighted by Gasteiger charge is 2.23. The first-order chi connectivity index (χ1) is 16.3. The van der Waals surface area contributed by atoms with Crippen LogP contribution < -0.4 is 14.8 Å². The lowest BCUT2D eigenvalue weighted by Crippen LogP contribution is -2.16. The highest BCUT2D eigenvalue weighted by atomic mass is 35.5. The molecule has 1 unspecified atom stereocenters. The van der Waals surface area contributed by atoms with Crippen LogP contribution in [0.2, 0.25) is 5.02 Å². The predicted octanol–water partition coefficient (Wildman–Crippen LogP) is 4.89. The number of anilines is 2. The van der Waals surface area contributed by atoms with E-state index in [2.05, 4.69) is 25.0 Å². The molecule has 34 heavy (non-hydrogen) atoms. The van der Waals surface area contributed by atoms with Crippen molar-refractivity contribution >= 4 is 51.3 Å². The van der Waals surface area contributed by atoms with E-state index in [4.69, 9.17) is 16.3 Å². The summed E-state index contributed by atoms with van der Waals surface area (Å²) < 4.78 is 36.2. The van der Waals surface area contributed by atoms with Crippen molar-refractivity contribution in [3.8, 4) is 17.0 Å². The maximum absolute atomic E-state index is 15.5. The van der Waals surface area contributed by atoms with Crippen molar-refractivity contribution in [2.45, 2.75) is 18.7 Å². The lowest BCUT2D eigenvalue weighted by Gasteiger charge is -2.16. The van der Waals surface area contributed by atoms with Crippen LogP contribution in [0.4, 0.5) is 15.9 Å². The molecule has 0 bridgehead atoms. The number of hydrogen-bond acceptors (Lipinski definition) is 7. The average Bonchev–Trinajstić information content (AvgIpc) is 2.79. The number of carbonyl (C=O) groups is 1. The second kappa shape index (κ2) is 9.80. The number of fused-ring (bicyclic) bond motifs is 1. The molecule has 3 heterocycles. The minimum Gasteiger partial charge on any atom is -0.588 e. The molecule has 8 nitrogen and oxygen atoms in total. The Bertz CT molecular complexity index is 1400. The summed E-state index contributed by atoms with van der Waals surface area (Å²) in [6, 6.07) is 9.60. The number of pyridine rings is 3. The molecule has 0 saturated heterocycles. The van der Waals surface area contributed by atoms with E-state index in [0.29, 0.717) is 28.0 Å². The second-order valence-corrected chi connectivity index (χ2v) is 8.88. The molecule has 1 aromatic carbocycles. The van der Waals surface area contributed by atoms with Crippen LogP contribution in [0.15, 0.2) is 53.7 Å². The van der Waals surface area contributed by atoms with Gasteiger partial charge in [-0.3, -0.25) is 9.78 Å². The third-order valence-electron chi connectivity index (χ3n) is 4.86. The highest BCUT2D eigenvalue weighted by molar-refractivity contribution is 7.92. The molecular formula is C23H19ClFN5O3S. The van der Waals surface area contributed by atoms with E-state index >= 15 is 4.39 Å². The van der Waals surface area contributed by atoms with Crippen molar-refractivity contribution < 1.29 is 18.5 Å². The van der Waals surface area contributed by atoms with Gasteiger partial charge in [0.1, 0.15) is 22.9 Å². The quantitative estimate of drug-likeness (QED) is 0.363. The molecule has 4 aromatic rings. The van der Waals surface area contributed by atoms with Crippen molar-refractivity contribution in [2.24, 2.45) is 0 Å². The number of benzene rings is 1. The van der Waals surface area contributed by atoms with Gasteiger partial charge in [-0.2, -0.15) is 0 Å². The van der Waals surface area contributed by atoms with Crippen molar-refractivity contribution in [3.63, 3.8) is 0 Å². The van der Waals surface area contributed by atoms with Crippen LogP contribution >= 0.6 is 11.6 Å². The minimum absolute atomic E-state index is 0.0245. The molecule has 1 atom stereocenters. The van der Waals surface area contributed by atoms with E-state index < -0.39 is 17.2 Å². The first kappa shape index (κ1) is 23.7. The summed E-state index contributed by atoms with van der Waals surface area (Å²) in [4.78, 5) is 24.2. The van der Waals surface area contributed by atoms with Crippen molar-refractivity contribution in [1.29, 1.82) is 0 Å². The summed E-state index contributed by atoms with van der Waals surface area (Å²) >= 11 is 4.08. The molecule has 174 valence electrons. The molecule has 0 fully saturated rings. The van der Waals surface area contributed by atoms with Crippen LogP contribution in [0.5, 0.6) is 5.88 Å². The number of rotatable bonds is 6. The van der Waals surface area contributed by atoms with E-state index in [1.165, 1.54) is 32.4 Å². The molecule has 0 spiro atoms. The molecule has 0 aliphatic rings. The third kappa shape index (κ3) is 4.89. The molecule has 0 saturated carbocycles. The fourth-order valence-corrected chi connectivity index (χ4v) is 4.57. The standard InChI is InChI=1S/C23H19ClFN5O3S/c1-12-17(7-14-10-26-21(29-13(2)31)9-19(14)28-12)16-5-4-6-18(22(16)25)30-34(32)20-8-15(24)11-27-23(20)33-3/h4-11,30H,1-3H3,(H,26,29,31). The number of nitrogens with one attached hydrogen (secondary N) is 2. The van der Waals surface area contributed by atoms with Gasteiger partial charge >= 0.3 is 0 Å². The van der Waals surface area contributed by atoms with Crippen LogP contribution in [0.1, 0.15) is 12.6 Å². The molecule has 2 N–H and O–H groups in total. The fourth-order valence-electron chi connectivity index (χ4n) is 3.35. The number of amides is 1. The maximum atomic E-state index is 15.5. The number of ether oxygens (including phenoxy) is 1. The molecule has 1 amide bonds. The molecule has 0 radical (unpaired) electrons. The van der Waals surface area contributed by atoms with Crippen molar-refractivity contribution in [3.05, 3.63) is 65.3 Å². The molecule has 11 heteroatoms. The first-order valence-corrected chi connectivity index (χ1v) is 11.5. The summed E-state index contributed by atoms with van der Waals surface area (Å²) in [6.45, 7) is 3.15.